The number of nitrogens with two attached hydrogens (primary N) is 1. The lowest BCUT2D eigenvalue weighted by molar-refractivity contribution is 0.332. The number of hydrogen-bond donors (Lipinski definition) is 2. The van der Waals surface area contributed by atoms with Crippen LogP contribution in [0.1, 0.15) is 6.92 Å². The van der Waals surface area contributed by atoms with E-state index in [1.54, 1.807) is 11.8 Å². The van der Waals surface area contributed by atoms with Crippen molar-refractivity contribution in [1.29, 1.82) is 0 Å². The minimum atomic E-state index is 0.403. The van der Waals surface area contributed by atoms with Gasteiger partial charge in [0.15, 0.2) is 16.6 Å². The molecule has 0 bridgehead atoms. The van der Waals surface area contributed by atoms with Crippen molar-refractivity contribution in [2.24, 2.45) is 0 Å². The number of nitrogen functional groups attached to an aromatic ring is 1. The molecule has 3 N–H and O–H groups in total. The molecule has 2 heterocycles. The zero-order chi connectivity index (χ0) is 16.1. The average Bonchev–Trinajstić information content (AvgIpc) is 2.98. The number of aromatic nitrogens is 4. The molecule has 2 aromatic heterocycles. The van der Waals surface area contributed by atoms with Crippen molar-refractivity contribution in [3.63, 3.8) is 0 Å². The summed E-state index contributed by atoms with van der Waals surface area (Å²) < 4.78 is 11.1. The van der Waals surface area contributed by atoms with Crippen LogP contribution in [0, 0.1) is 0 Å². The van der Waals surface area contributed by atoms with Gasteiger partial charge in [0.25, 0.3) is 0 Å². The minimum Gasteiger partial charge on any atom is -0.494 e. The van der Waals surface area contributed by atoms with Crippen molar-refractivity contribution in [3.8, 4) is 11.5 Å². The first kappa shape index (κ1) is 15.4. The fourth-order valence-electron chi connectivity index (χ4n) is 1.99. The highest BCUT2D eigenvalue weighted by Gasteiger charge is 2.07. The molecule has 0 fully saturated rings. The summed E-state index contributed by atoms with van der Waals surface area (Å²) in [6.45, 7) is 3.18. The molecule has 0 radical (unpaired) electrons. The Labute approximate surface area is 137 Å². The van der Waals surface area contributed by atoms with Crippen LogP contribution in [0.2, 0.25) is 0 Å². The van der Waals surface area contributed by atoms with Gasteiger partial charge in [-0.3, -0.25) is 0 Å². The van der Waals surface area contributed by atoms with Gasteiger partial charge in [0.2, 0.25) is 0 Å². The van der Waals surface area contributed by atoms with Gasteiger partial charge >= 0.3 is 0 Å². The highest BCUT2D eigenvalue weighted by atomic mass is 32.2. The number of nitrogens with zero attached hydrogens (tertiary/aromatic N) is 3. The first-order chi connectivity index (χ1) is 11.3. The molecule has 0 spiro atoms. The Bertz CT molecular complexity index is 775. The molecule has 120 valence electrons. The van der Waals surface area contributed by atoms with Crippen molar-refractivity contribution in [2.45, 2.75) is 12.1 Å². The van der Waals surface area contributed by atoms with Gasteiger partial charge in [0, 0.05) is 5.75 Å². The number of thioether (sulfide) groups is 1. The van der Waals surface area contributed by atoms with Gasteiger partial charge < -0.3 is 20.2 Å². The Balaban J connectivity index is 1.49. The summed E-state index contributed by atoms with van der Waals surface area (Å²) in [7, 11) is 0. The molecule has 0 saturated heterocycles. The lowest BCUT2D eigenvalue weighted by Crippen LogP contribution is -2.00. The smallest absolute Gasteiger partial charge is 0.183 e. The molecule has 0 saturated carbocycles. The van der Waals surface area contributed by atoms with Crippen LogP contribution in [0.3, 0.4) is 0 Å². The zero-order valence-corrected chi connectivity index (χ0v) is 13.5. The molecule has 8 heteroatoms. The molecule has 3 rings (SSSR count). The number of anilines is 1. The summed E-state index contributed by atoms with van der Waals surface area (Å²) in [5.41, 5.74) is 7.01. The molecule has 0 atom stereocenters. The average molecular weight is 331 g/mol. The van der Waals surface area contributed by atoms with Crippen LogP contribution in [0.4, 0.5) is 5.82 Å². The fraction of sp³-hybridized carbons (Fsp3) is 0.267. The first-order valence-electron chi connectivity index (χ1n) is 7.21. The van der Waals surface area contributed by atoms with Gasteiger partial charge in [-0.15, -0.1) is 0 Å². The fourth-order valence-corrected chi connectivity index (χ4v) is 2.68. The topological polar surface area (TPSA) is 98.9 Å². The first-order valence-corrected chi connectivity index (χ1v) is 8.19. The van der Waals surface area contributed by atoms with Crippen LogP contribution in [-0.2, 0) is 0 Å². The Kier molecular flexibility index (Phi) is 4.82. The number of H-pyrrole nitrogens is 1. The van der Waals surface area contributed by atoms with Crippen LogP contribution in [0.15, 0.2) is 35.7 Å². The van der Waals surface area contributed by atoms with Crippen molar-refractivity contribution in [3.05, 3.63) is 30.6 Å². The molecule has 0 amide bonds. The maximum atomic E-state index is 5.77. The van der Waals surface area contributed by atoms with Gasteiger partial charge in [-0.2, -0.15) is 0 Å². The van der Waals surface area contributed by atoms with Crippen LogP contribution in [-0.4, -0.2) is 38.9 Å². The van der Waals surface area contributed by atoms with Gasteiger partial charge in [-0.1, -0.05) is 11.8 Å². The number of rotatable bonds is 7. The number of imidazole rings is 1. The van der Waals surface area contributed by atoms with Crippen molar-refractivity contribution >= 4 is 28.7 Å². The molecule has 1 aromatic carbocycles. The van der Waals surface area contributed by atoms with E-state index in [-0.39, 0.29) is 0 Å². The van der Waals surface area contributed by atoms with Crippen molar-refractivity contribution in [1.82, 2.24) is 19.9 Å². The highest BCUT2D eigenvalue weighted by Crippen LogP contribution is 2.21. The number of ether oxygens (including phenoxy) is 2. The summed E-state index contributed by atoms with van der Waals surface area (Å²) in [4.78, 5) is 15.5. The molecule has 0 unspecified atom stereocenters. The van der Waals surface area contributed by atoms with E-state index in [4.69, 9.17) is 15.2 Å². The van der Waals surface area contributed by atoms with Crippen molar-refractivity contribution in [2.75, 3.05) is 24.7 Å². The number of fused-ring (bicyclic) bond motifs is 1. The second-order valence-electron chi connectivity index (χ2n) is 4.60. The normalized spacial score (nSPS) is 10.8. The van der Waals surface area contributed by atoms with Gasteiger partial charge in [0.05, 0.1) is 13.2 Å². The van der Waals surface area contributed by atoms with E-state index in [0.717, 1.165) is 22.4 Å². The third kappa shape index (κ3) is 3.84. The van der Waals surface area contributed by atoms with E-state index in [1.807, 2.05) is 31.2 Å². The molecule has 0 aliphatic heterocycles. The van der Waals surface area contributed by atoms with E-state index in [2.05, 4.69) is 19.9 Å². The summed E-state index contributed by atoms with van der Waals surface area (Å²) >= 11 is 1.55. The standard InChI is InChI=1S/C15H17N5O2S/c1-2-21-10-3-5-11(6-4-10)22-7-8-23-15-19-12-13(16)17-9-18-14(12)20-15/h3-6,9H,2,7-8H2,1H3,(H3,16,17,18,19,20). The lowest BCUT2D eigenvalue weighted by atomic mass is 10.3. The predicted molar refractivity (Wildman–Crippen MR) is 89.9 cm³/mol. The number of aromatic amines is 1. The maximum absolute atomic E-state index is 5.77. The Morgan fingerprint density at radius 3 is 2.57 bits per heavy atom. The second kappa shape index (κ2) is 7.19. The Morgan fingerprint density at radius 2 is 1.87 bits per heavy atom. The number of hydrogen-bond acceptors (Lipinski definition) is 7. The molecule has 3 aromatic rings. The zero-order valence-electron chi connectivity index (χ0n) is 12.7. The number of benzene rings is 1. The third-order valence-corrected chi connectivity index (χ3v) is 3.86. The lowest BCUT2D eigenvalue weighted by Gasteiger charge is -2.07. The Hall–Kier alpha value is -2.48. The summed E-state index contributed by atoms with van der Waals surface area (Å²) in [5, 5.41) is 0.752. The third-order valence-electron chi connectivity index (χ3n) is 3.02. The summed E-state index contributed by atoms with van der Waals surface area (Å²) in [6, 6.07) is 7.58. The van der Waals surface area contributed by atoms with E-state index in [1.165, 1.54) is 6.33 Å². The molecule has 0 aliphatic carbocycles. The van der Waals surface area contributed by atoms with Crippen LogP contribution < -0.4 is 15.2 Å². The predicted octanol–water partition coefficient (Wildman–Crippen LogP) is 2.50. The minimum absolute atomic E-state index is 0.403. The molecule has 0 aliphatic rings. The largest absolute Gasteiger partial charge is 0.494 e. The monoisotopic (exact) mass is 331 g/mol. The molecular weight excluding hydrogens is 314 g/mol. The molecule has 7 nitrogen and oxygen atoms in total. The van der Waals surface area contributed by atoms with Gasteiger partial charge in [-0.05, 0) is 31.2 Å². The maximum Gasteiger partial charge on any atom is 0.183 e. The van der Waals surface area contributed by atoms with Crippen LogP contribution in [0.5, 0.6) is 11.5 Å². The van der Waals surface area contributed by atoms with Gasteiger partial charge in [0.1, 0.15) is 23.3 Å². The Morgan fingerprint density at radius 1 is 1.13 bits per heavy atom. The molecular formula is C15H17N5O2S. The number of nitrogens with one attached hydrogen (secondary N) is 1. The van der Waals surface area contributed by atoms with Gasteiger partial charge in [-0.25, -0.2) is 15.0 Å². The van der Waals surface area contributed by atoms with E-state index in [0.29, 0.717) is 30.2 Å². The van der Waals surface area contributed by atoms with E-state index < -0.39 is 0 Å². The van der Waals surface area contributed by atoms with Crippen molar-refractivity contribution < 1.29 is 9.47 Å². The summed E-state index contributed by atoms with van der Waals surface area (Å²) in [5.74, 6) is 2.81. The summed E-state index contributed by atoms with van der Waals surface area (Å²) in [6.07, 6.45) is 1.40. The van der Waals surface area contributed by atoms with E-state index in [9.17, 15) is 0 Å². The highest BCUT2D eigenvalue weighted by molar-refractivity contribution is 7.99. The van der Waals surface area contributed by atoms with Crippen LogP contribution >= 0.6 is 11.8 Å². The second-order valence-corrected chi connectivity index (χ2v) is 5.68. The van der Waals surface area contributed by atoms with Crippen LogP contribution in [0.25, 0.3) is 11.2 Å². The SMILES string of the molecule is CCOc1ccc(OCCSc2nc3ncnc(N)c3[nH]2)cc1. The quantitative estimate of drug-likeness (QED) is 0.507. The molecule has 23 heavy (non-hydrogen) atoms. The van der Waals surface area contributed by atoms with E-state index >= 15 is 0 Å².